The molecule has 0 aliphatic carbocycles. The molecule has 19 heavy (non-hydrogen) atoms. The minimum atomic E-state index is -4.63. The van der Waals surface area contributed by atoms with Crippen molar-refractivity contribution in [2.75, 3.05) is 5.73 Å². The minimum Gasteiger partial charge on any atom is -0.384 e. The fourth-order valence-corrected chi connectivity index (χ4v) is 2.00. The molecule has 0 spiro atoms. The van der Waals surface area contributed by atoms with E-state index in [4.69, 9.17) is 5.73 Å². The standard InChI is InChI=1S/C11H10F3N3O2/c12-11(13,14)7-3-8(15)16-4-6(7)5-1-2-9(18)17-10(5)19/h3-5H,1-2H2,(H2,15,16)(H,17,18,19). The van der Waals surface area contributed by atoms with Gasteiger partial charge in [0.1, 0.15) is 5.82 Å². The van der Waals surface area contributed by atoms with Gasteiger partial charge >= 0.3 is 6.18 Å². The van der Waals surface area contributed by atoms with Crippen molar-refractivity contribution in [2.45, 2.75) is 24.9 Å². The van der Waals surface area contributed by atoms with Gasteiger partial charge in [0, 0.05) is 12.6 Å². The van der Waals surface area contributed by atoms with E-state index in [2.05, 4.69) is 4.98 Å². The number of halogens is 3. The molecule has 1 unspecified atom stereocenters. The number of piperidine rings is 1. The third kappa shape index (κ3) is 2.67. The van der Waals surface area contributed by atoms with Crippen LogP contribution in [0.1, 0.15) is 29.9 Å². The first-order valence-corrected chi connectivity index (χ1v) is 5.45. The molecule has 1 aromatic rings. The van der Waals surface area contributed by atoms with Crippen LogP contribution in [0.25, 0.3) is 0 Å². The van der Waals surface area contributed by atoms with Gasteiger partial charge in [-0.05, 0) is 18.1 Å². The lowest BCUT2D eigenvalue weighted by Gasteiger charge is -2.23. The van der Waals surface area contributed by atoms with E-state index >= 15 is 0 Å². The Morgan fingerprint density at radius 2 is 2.05 bits per heavy atom. The Kier molecular flexibility index (Phi) is 3.17. The maximum absolute atomic E-state index is 12.9. The average Bonchev–Trinajstić information content (AvgIpc) is 2.28. The van der Waals surface area contributed by atoms with E-state index in [0.717, 1.165) is 6.20 Å². The Morgan fingerprint density at radius 3 is 2.63 bits per heavy atom. The lowest BCUT2D eigenvalue weighted by molar-refractivity contribution is -0.139. The van der Waals surface area contributed by atoms with E-state index in [0.29, 0.717) is 6.07 Å². The predicted molar refractivity (Wildman–Crippen MR) is 58.8 cm³/mol. The molecule has 0 bridgehead atoms. The zero-order valence-corrected chi connectivity index (χ0v) is 9.62. The number of nitrogen functional groups attached to an aromatic ring is 1. The smallest absolute Gasteiger partial charge is 0.384 e. The van der Waals surface area contributed by atoms with Crippen LogP contribution in [0.4, 0.5) is 19.0 Å². The maximum atomic E-state index is 12.9. The maximum Gasteiger partial charge on any atom is 0.416 e. The molecule has 1 aromatic heterocycles. The number of alkyl halides is 3. The molecule has 8 heteroatoms. The van der Waals surface area contributed by atoms with Crippen molar-refractivity contribution >= 4 is 17.6 Å². The summed E-state index contributed by atoms with van der Waals surface area (Å²) in [5.74, 6) is -2.54. The van der Waals surface area contributed by atoms with Crippen LogP contribution in [0.3, 0.4) is 0 Å². The van der Waals surface area contributed by atoms with E-state index in [1.165, 1.54) is 0 Å². The summed E-state index contributed by atoms with van der Waals surface area (Å²) in [6.07, 6.45) is -3.66. The van der Waals surface area contributed by atoms with E-state index in [1.54, 1.807) is 0 Å². The molecule has 0 radical (unpaired) electrons. The molecule has 1 atom stereocenters. The largest absolute Gasteiger partial charge is 0.416 e. The second-order valence-corrected chi connectivity index (χ2v) is 4.20. The number of nitrogens with two attached hydrogens (primary N) is 1. The van der Waals surface area contributed by atoms with Gasteiger partial charge in [-0.3, -0.25) is 14.9 Å². The molecule has 1 aliphatic rings. The number of nitrogens with zero attached hydrogens (tertiary/aromatic N) is 1. The zero-order chi connectivity index (χ0) is 14.2. The van der Waals surface area contributed by atoms with Crippen molar-refractivity contribution in [1.82, 2.24) is 10.3 Å². The highest BCUT2D eigenvalue weighted by molar-refractivity contribution is 6.01. The lowest BCUT2D eigenvalue weighted by Crippen LogP contribution is -2.40. The van der Waals surface area contributed by atoms with Crippen LogP contribution in [-0.4, -0.2) is 16.8 Å². The number of carbonyl (C=O) groups is 2. The van der Waals surface area contributed by atoms with Gasteiger partial charge in [0.05, 0.1) is 11.5 Å². The topological polar surface area (TPSA) is 85.1 Å². The minimum absolute atomic E-state index is 0.00190. The molecule has 1 aliphatic heterocycles. The molecular formula is C11H10F3N3O2. The molecule has 2 rings (SSSR count). The van der Waals surface area contributed by atoms with E-state index in [-0.39, 0.29) is 24.2 Å². The third-order valence-electron chi connectivity index (χ3n) is 2.88. The van der Waals surface area contributed by atoms with Gasteiger partial charge in [-0.25, -0.2) is 4.98 Å². The van der Waals surface area contributed by atoms with Crippen LogP contribution < -0.4 is 11.1 Å². The second-order valence-electron chi connectivity index (χ2n) is 4.20. The number of pyridine rings is 1. The number of hydrogen-bond donors (Lipinski definition) is 2. The van der Waals surface area contributed by atoms with Crippen LogP contribution in [0, 0.1) is 0 Å². The predicted octanol–water partition coefficient (Wildman–Crippen LogP) is 1.20. The molecule has 2 heterocycles. The summed E-state index contributed by atoms with van der Waals surface area (Å²) < 4.78 is 38.7. The summed E-state index contributed by atoms with van der Waals surface area (Å²) in [5, 5.41) is 2.02. The van der Waals surface area contributed by atoms with Gasteiger partial charge < -0.3 is 5.73 Å². The Labute approximate surface area is 106 Å². The normalized spacial score (nSPS) is 20.3. The molecule has 0 saturated carbocycles. The Bertz CT molecular complexity index is 542. The Balaban J connectivity index is 2.45. The zero-order valence-electron chi connectivity index (χ0n) is 9.62. The van der Waals surface area contributed by atoms with Crippen LogP contribution in [0.15, 0.2) is 12.3 Å². The molecule has 102 valence electrons. The van der Waals surface area contributed by atoms with E-state index in [9.17, 15) is 22.8 Å². The molecule has 3 N–H and O–H groups in total. The SMILES string of the molecule is Nc1cc(C(F)(F)F)c(C2CCC(=O)NC2=O)cn1. The average molecular weight is 273 g/mol. The molecule has 2 amide bonds. The highest BCUT2D eigenvalue weighted by Gasteiger charge is 2.39. The number of amides is 2. The fourth-order valence-electron chi connectivity index (χ4n) is 2.00. The summed E-state index contributed by atoms with van der Waals surface area (Å²) in [7, 11) is 0. The van der Waals surface area contributed by atoms with Crippen molar-refractivity contribution < 1.29 is 22.8 Å². The van der Waals surface area contributed by atoms with E-state index < -0.39 is 29.5 Å². The molecular weight excluding hydrogens is 263 g/mol. The molecule has 1 saturated heterocycles. The first-order valence-electron chi connectivity index (χ1n) is 5.45. The summed E-state index contributed by atoms with van der Waals surface area (Å²) in [4.78, 5) is 26.2. The molecule has 1 fully saturated rings. The Hall–Kier alpha value is -2.12. The summed E-state index contributed by atoms with van der Waals surface area (Å²) in [5.41, 5.74) is 4.00. The number of rotatable bonds is 1. The first kappa shape index (κ1) is 13.3. The number of anilines is 1. The number of nitrogens with one attached hydrogen (secondary N) is 1. The molecule has 0 aromatic carbocycles. The number of carbonyl (C=O) groups excluding carboxylic acids is 2. The van der Waals surface area contributed by atoms with Gasteiger partial charge in [-0.2, -0.15) is 13.2 Å². The summed E-state index contributed by atoms with van der Waals surface area (Å²) >= 11 is 0. The summed E-state index contributed by atoms with van der Waals surface area (Å²) in [6.45, 7) is 0. The van der Waals surface area contributed by atoms with Crippen molar-refractivity contribution in [3.05, 3.63) is 23.4 Å². The van der Waals surface area contributed by atoms with E-state index in [1.807, 2.05) is 5.32 Å². The van der Waals surface area contributed by atoms with Crippen molar-refractivity contribution in [3.8, 4) is 0 Å². The number of aromatic nitrogens is 1. The Morgan fingerprint density at radius 1 is 1.37 bits per heavy atom. The van der Waals surface area contributed by atoms with Crippen molar-refractivity contribution in [2.24, 2.45) is 0 Å². The van der Waals surface area contributed by atoms with Gasteiger partial charge in [0.25, 0.3) is 0 Å². The van der Waals surface area contributed by atoms with Crippen LogP contribution in [0.5, 0.6) is 0 Å². The monoisotopic (exact) mass is 273 g/mol. The lowest BCUT2D eigenvalue weighted by atomic mass is 9.88. The van der Waals surface area contributed by atoms with Gasteiger partial charge in [0.2, 0.25) is 11.8 Å². The van der Waals surface area contributed by atoms with Crippen LogP contribution >= 0.6 is 0 Å². The van der Waals surface area contributed by atoms with Crippen molar-refractivity contribution in [1.29, 1.82) is 0 Å². The van der Waals surface area contributed by atoms with Gasteiger partial charge in [-0.1, -0.05) is 0 Å². The highest BCUT2D eigenvalue weighted by Crippen LogP contribution is 2.37. The highest BCUT2D eigenvalue weighted by atomic mass is 19.4. The first-order chi connectivity index (χ1) is 8.79. The van der Waals surface area contributed by atoms with Crippen LogP contribution in [0.2, 0.25) is 0 Å². The second kappa shape index (κ2) is 4.52. The number of imide groups is 1. The molecule has 5 nitrogen and oxygen atoms in total. The summed E-state index contributed by atoms with van der Waals surface area (Å²) in [6, 6.07) is 0.693. The van der Waals surface area contributed by atoms with Gasteiger partial charge in [-0.15, -0.1) is 0 Å². The van der Waals surface area contributed by atoms with Crippen molar-refractivity contribution in [3.63, 3.8) is 0 Å². The third-order valence-corrected chi connectivity index (χ3v) is 2.88. The number of hydrogen-bond acceptors (Lipinski definition) is 4. The van der Waals surface area contributed by atoms with Crippen LogP contribution in [-0.2, 0) is 15.8 Å². The fraction of sp³-hybridized carbons (Fsp3) is 0.364. The van der Waals surface area contributed by atoms with Gasteiger partial charge in [0.15, 0.2) is 0 Å². The quantitative estimate of drug-likeness (QED) is 0.753.